The standard InChI is InChI=1S/C15H22BrNO3/c1-11-7-17(8-12(2)20-11)9-14(18)10-19-15-5-3-13(16)4-6-15/h3-6,11-12,14,18H,7-10H2,1-2H3/p+1/t11-,12+,14-/m0/s1. The number of morpholine rings is 1. The Balaban J connectivity index is 1.74. The molecule has 4 nitrogen and oxygen atoms in total. The minimum atomic E-state index is -0.453. The molecule has 0 amide bonds. The second kappa shape index (κ2) is 7.41. The molecule has 2 N–H and O–H groups in total. The monoisotopic (exact) mass is 344 g/mol. The fourth-order valence-corrected chi connectivity index (χ4v) is 2.94. The lowest BCUT2D eigenvalue weighted by Crippen LogP contribution is -3.16. The van der Waals surface area contributed by atoms with Crippen LogP contribution in [0.15, 0.2) is 28.7 Å². The van der Waals surface area contributed by atoms with Crippen molar-refractivity contribution in [3.05, 3.63) is 28.7 Å². The maximum atomic E-state index is 10.1. The van der Waals surface area contributed by atoms with E-state index < -0.39 is 6.10 Å². The van der Waals surface area contributed by atoms with Crippen molar-refractivity contribution in [2.75, 3.05) is 26.2 Å². The Kier molecular flexibility index (Phi) is 5.84. The number of halogens is 1. The third-order valence-electron chi connectivity index (χ3n) is 3.40. The van der Waals surface area contributed by atoms with E-state index in [1.807, 2.05) is 24.3 Å². The molecule has 1 unspecified atom stereocenters. The summed E-state index contributed by atoms with van der Waals surface area (Å²) in [6.45, 7) is 7.09. The van der Waals surface area contributed by atoms with E-state index in [-0.39, 0.29) is 12.2 Å². The molecule has 1 aliphatic rings. The maximum absolute atomic E-state index is 10.1. The zero-order valence-electron chi connectivity index (χ0n) is 12.0. The van der Waals surface area contributed by atoms with Gasteiger partial charge < -0.3 is 19.5 Å². The maximum Gasteiger partial charge on any atom is 0.137 e. The Morgan fingerprint density at radius 1 is 1.30 bits per heavy atom. The summed E-state index contributed by atoms with van der Waals surface area (Å²) in [7, 11) is 0. The number of hydrogen-bond donors (Lipinski definition) is 2. The van der Waals surface area contributed by atoms with E-state index in [2.05, 4.69) is 29.8 Å². The van der Waals surface area contributed by atoms with Gasteiger partial charge in [0.25, 0.3) is 0 Å². The van der Waals surface area contributed by atoms with E-state index in [0.29, 0.717) is 13.2 Å². The number of nitrogens with one attached hydrogen (secondary N) is 1. The van der Waals surface area contributed by atoms with Crippen LogP contribution in [0.4, 0.5) is 0 Å². The van der Waals surface area contributed by atoms with Gasteiger partial charge in [-0.15, -0.1) is 0 Å². The first kappa shape index (κ1) is 15.8. The van der Waals surface area contributed by atoms with E-state index in [9.17, 15) is 5.11 Å². The summed E-state index contributed by atoms with van der Waals surface area (Å²) < 4.78 is 12.3. The van der Waals surface area contributed by atoms with E-state index >= 15 is 0 Å². The van der Waals surface area contributed by atoms with Crippen molar-refractivity contribution in [2.24, 2.45) is 0 Å². The topological polar surface area (TPSA) is 43.1 Å². The number of aliphatic hydroxyl groups is 1. The molecule has 0 bridgehead atoms. The van der Waals surface area contributed by atoms with Crippen molar-refractivity contribution >= 4 is 15.9 Å². The number of aliphatic hydroxyl groups excluding tert-OH is 1. The molecule has 0 spiro atoms. The third kappa shape index (κ3) is 5.05. The van der Waals surface area contributed by atoms with Crippen LogP contribution >= 0.6 is 15.9 Å². The fraction of sp³-hybridized carbons (Fsp3) is 0.600. The predicted molar refractivity (Wildman–Crippen MR) is 81.2 cm³/mol. The summed E-state index contributed by atoms with van der Waals surface area (Å²) in [5.74, 6) is 0.783. The number of rotatable bonds is 5. The SMILES string of the molecule is C[C@@H]1C[NH+](C[C@H](O)COc2ccc(Br)cc2)C[C@H](C)O1. The minimum Gasteiger partial charge on any atom is -0.491 e. The molecule has 1 aromatic carbocycles. The molecular weight excluding hydrogens is 322 g/mol. The van der Waals surface area contributed by atoms with Gasteiger partial charge in [0.1, 0.15) is 50.3 Å². The molecule has 4 atom stereocenters. The Morgan fingerprint density at radius 3 is 2.50 bits per heavy atom. The predicted octanol–water partition coefficient (Wildman–Crippen LogP) is 0.881. The van der Waals surface area contributed by atoms with Crippen LogP contribution < -0.4 is 9.64 Å². The van der Waals surface area contributed by atoms with Crippen molar-refractivity contribution in [3.63, 3.8) is 0 Å². The van der Waals surface area contributed by atoms with Gasteiger partial charge in [-0.1, -0.05) is 15.9 Å². The quantitative estimate of drug-likeness (QED) is 0.833. The highest BCUT2D eigenvalue weighted by Crippen LogP contribution is 2.16. The molecular formula is C15H23BrNO3+. The van der Waals surface area contributed by atoms with Crippen molar-refractivity contribution in [1.82, 2.24) is 0 Å². The van der Waals surface area contributed by atoms with Gasteiger partial charge in [-0.3, -0.25) is 0 Å². The van der Waals surface area contributed by atoms with Crippen molar-refractivity contribution < 1.29 is 19.5 Å². The second-order valence-corrected chi connectivity index (χ2v) is 6.45. The molecule has 5 heteroatoms. The second-order valence-electron chi connectivity index (χ2n) is 5.54. The molecule has 1 aliphatic heterocycles. The van der Waals surface area contributed by atoms with Gasteiger partial charge in [-0.25, -0.2) is 0 Å². The number of quaternary nitrogens is 1. The Bertz CT molecular complexity index is 402. The van der Waals surface area contributed by atoms with Gasteiger partial charge in [0.05, 0.1) is 0 Å². The van der Waals surface area contributed by atoms with E-state index in [4.69, 9.17) is 9.47 Å². The Hall–Kier alpha value is -0.620. The summed E-state index contributed by atoms with van der Waals surface area (Å²) in [5.41, 5.74) is 0. The van der Waals surface area contributed by atoms with Gasteiger partial charge in [0, 0.05) is 4.47 Å². The van der Waals surface area contributed by atoms with Crippen molar-refractivity contribution in [3.8, 4) is 5.75 Å². The summed E-state index contributed by atoms with van der Waals surface area (Å²) in [6.07, 6.45) is 0.0628. The van der Waals surface area contributed by atoms with Crippen LogP contribution in [0.5, 0.6) is 5.75 Å². The molecule has 1 fully saturated rings. The highest BCUT2D eigenvalue weighted by atomic mass is 79.9. The number of hydrogen-bond acceptors (Lipinski definition) is 3. The zero-order chi connectivity index (χ0) is 14.5. The molecule has 1 saturated heterocycles. The lowest BCUT2D eigenvalue weighted by Gasteiger charge is -2.33. The molecule has 1 aromatic rings. The lowest BCUT2D eigenvalue weighted by molar-refractivity contribution is -0.918. The molecule has 2 rings (SSSR count). The first-order chi connectivity index (χ1) is 9.52. The summed E-state index contributed by atoms with van der Waals surface area (Å²) in [4.78, 5) is 1.38. The number of benzene rings is 1. The van der Waals surface area contributed by atoms with Crippen molar-refractivity contribution in [2.45, 2.75) is 32.2 Å². The van der Waals surface area contributed by atoms with E-state index in [0.717, 1.165) is 23.3 Å². The average Bonchev–Trinajstić information content (AvgIpc) is 2.37. The molecule has 0 radical (unpaired) electrons. The lowest BCUT2D eigenvalue weighted by atomic mass is 10.2. The van der Waals surface area contributed by atoms with Gasteiger partial charge >= 0.3 is 0 Å². The van der Waals surface area contributed by atoms with Crippen LogP contribution in [0.2, 0.25) is 0 Å². The molecule has 20 heavy (non-hydrogen) atoms. The Morgan fingerprint density at radius 2 is 1.90 bits per heavy atom. The van der Waals surface area contributed by atoms with Crippen molar-refractivity contribution in [1.29, 1.82) is 0 Å². The third-order valence-corrected chi connectivity index (χ3v) is 3.93. The fourth-order valence-electron chi connectivity index (χ4n) is 2.67. The van der Waals surface area contributed by atoms with Gasteiger partial charge in [-0.2, -0.15) is 0 Å². The summed E-state index contributed by atoms with van der Waals surface area (Å²) in [5, 5.41) is 10.1. The van der Waals surface area contributed by atoms with Crippen LogP contribution in [0.25, 0.3) is 0 Å². The zero-order valence-corrected chi connectivity index (χ0v) is 13.6. The van der Waals surface area contributed by atoms with Gasteiger partial charge in [0.15, 0.2) is 0 Å². The first-order valence-corrected chi connectivity index (χ1v) is 7.87. The van der Waals surface area contributed by atoms with Gasteiger partial charge in [0.2, 0.25) is 0 Å². The largest absolute Gasteiger partial charge is 0.491 e. The normalized spacial score (nSPS) is 28.1. The van der Waals surface area contributed by atoms with E-state index in [1.165, 1.54) is 4.90 Å². The van der Waals surface area contributed by atoms with Crippen LogP contribution in [0.3, 0.4) is 0 Å². The van der Waals surface area contributed by atoms with E-state index in [1.54, 1.807) is 0 Å². The van der Waals surface area contributed by atoms with Crippen LogP contribution in [-0.4, -0.2) is 49.7 Å². The first-order valence-electron chi connectivity index (χ1n) is 7.08. The highest BCUT2D eigenvalue weighted by molar-refractivity contribution is 9.10. The molecule has 112 valence electrons. The molecule has 0 saturated carbocycles. The van der Waals surface area contributed by atoms with Crippen LogP contribution in [-0.2, 0) is 4.74 Å². The van der Waals surface area contributed by atoms with Crippen LogP contribution in [0.1, 0.15) is 13.8 Å². The minimum absolute atomic E-state index is 0.258. The highest BCUT2D eigenvalue weighted by Gasteiger charge is 2.27. The van der Waals surface area contributed by atoms with Gasteiger partial charge in [-0.05, 0) is 38.1 Å². The van der Waals surface area contributed by atoms with Crippen LogP contribution in [0, 0.1) is 0 Å². The molecule has 0 aromatic heterocycles. The smallest absolute Gasteiger partial charge is 0.137 e. The average molecular weight is 345 g/mol. The summed E-state index contributed by atoms with van der Waals surface area (Å²) >= 11 is 3.38. The summed E-state index contributed by atoms with van der Waals surface area (Å²) in [6, 6.07) is 7.64. The Labute approximate surface area is 128 Å². The molecule has 0 aliphatic carbocycles. The molecule has 1 heterocycles. The number of ether oxygens (including phenoxy) is 2.